The van der Waals surface area contributed by atoms with Crippen LogP contribution in [-0.2, 0) is 0 Å². The van der Waals surface area contributed by atoms with Gasteiger partial charge in [-0.15, -0.1) is 0 Å². The minimum atomic E-state index is 0.730. The van der Waals surface area contributed by atoms with Gasteiger partial charge in [0.25, 0.3) is 0 Å². The highest BCUT2D eigenvalue weighted by Gasteiger charge is 2.21. The molecule has 1 aliphatic rings. The Morgan fingerprint density at radius 2 is 1.94 bits per heavy atom. The molecule has 102 valence electrons. The van der Waals surface area contributed by atoms with Crippen molar-refractivity contribution in [2.75, 3.05) is 26.2 Å². The minimum absolute atomic E-state index is 0.730. The summed E-state index contributed by atoms with van der Waals surface area (Å²) in [6.07, 6.45) is 5.36. The van der Waals surface area contributed by atoms with Crippen LogP contribution in [0, 0.1) is 11.8 Å². The molecule has 0 aromatic carbocycles. The zero-order chi connectivity index (χ0) is 12.7. The molecule has 0 bridgehead atoms. The summed E-state index contributed by atoms with van der Waals surface area (Å²) in [5, 5.41) is 3.68. The molecule has 17 heavy (non-hydrogen) atoms. The van der Waals surface area contributed by atoms with Gasteiger partial charge in [-0.3, -0.25) is 0 Å². The molecule has 2 unspecified atom stereocenters. The largest absolute Gasteiger partial charge is 0.313 e. The van der Waals surface area contributed by atoms with Gasteiger partial charge in [-0.2, -0.15) is 0 Å². The van der Waals surface area contributed by atoms with Crippen LogP contribution >= 0.6 is 0 Å². The number of hydrogen-bond acceptors (Lipinski definition) is 2. The molecule has 1 aliphatic heterocycles. The van der Waals surface area contributed by atoms with E-state index in [0.717, 1.165) is 17.9 Å². The van der Waals surface area contributed by atoms with E-state index in [1.807, 2.05) is 0 Å². The van der Waals surface area contributed by atoms with Gasteiger partial charge in [0, 0.05) is 19.1 Å². The molecule has 0 aromatic rings. The van der Waals surface area contributed by atoms with E-state index in [2.05, 4.69) is 37.9 Å². The van der Waals surface area contributed by atoms with E-state index in [0.29, 0.717) is 0 Å². The molecular formula is C15H32N2. The van der Waals surface area contributed by atoms with E-state index in [-0.39, 0.29) is 0 Å². The lowest BCUT2D eigenvalue weighted by Crippen LogP contribution is -2.46. The molecule has 1 saturated heterocycles. The third-order valence-electron chi connectivity index (χ3n) is 4.35. The summed E-state index contributed by atoms with van der Waals surface area (Å²) in [6.45, 7) is 14.3. The molecular weight excluding hydrogens is 208 g/mol. The van der Waals surface area contributed by atoms with Gasteiger partial charge in [-0.05, 0) is 37.8 Å². The lowest BCUT2D eigenvalue weighted by atomic mass is 9.93. The summed E-state index contributed by atoms with van der Waals surface area (Å²) in [5.41, 5.74) is 0. The van der Waals surface area contributed by atoms with E-state index >= 15 is 0 Å². The van der Waals surface area contributed by atoms with Crippen molar-refractivity contribution in [2.45, 2.75) is 59.4 Å². The van der Waals surface area contributed by atoms with E-state index < -0.39 is 0 Å². The zero-order valence-corrected chi connectivity index (χ0v) is 12.3. The Hall–Kier alpha value is -0.0800. The van der Waals surface area contributed by atoms with Crippen LogP contribution in [0.5, 0.6) is 0 Å². The SMILES string of the molecule is CCC(CC)CN(CC)CC1CC(C)CCN1. The Kier molecular flexibility index (Phi) is 7.14. The van der Waals surface area contributed by atoms with Crippen molar-refractivity contribution in [1.82, 2.24) is 10.2 Å². The maximum Gasteiger partial charge on any atom is 0.0197 e. The van der Waals surface area contributed by atoms with Crippen LogP contribution in [0.1, 0.15) is 53.4 Å². The van der Waals surface area contributed by atoms with Crippen molar-refractivity contribution in [2.24, 2.45) is 11.8 Å². The molecule has 0 saturated carbocycles. The first-order valence-corrected chi connectivity index (χ1v) is 7.65. The van der Waals surface area contributed by atoms with Gasteiger partial charge < -0.3 is 10.2 Å². The van der Waals surface area contributed by atoms with Gasteiger partial charge in [-0.25, -0.2) is 0 Å². The smallest absolute Gasteiger partial charge is 0.0197 e. The second-order valence-corrected chi connectivity index (χ2v) is 5.82. The minimum Gasteiger partial charge on any atom is -0.313 e. The highest BCUT2D eigenvalue weighted by molar-refractivity contribution is 4.79. The van der Waals surface area contributed by atoms with Gasteiger partial charge in [0.1, 0.15) is 0 Å². The fraction of sp³-hybridized carbons (Fsp3) is 1.00. The van der Waals surface area contributed by atoms with E-state index in [9.17, 15) is 0 Å². The summed E-state index contributed by atoms with van der Waals surface area (Å²) in [4.78, 5) is 2.65. The molecule has 1 fully saturated rings. The average Bonchev–Trinajstić information content (AvgIpc) is 2.34. The number of nitrogens with one attached hydrogen (secondary N) is 1. The first kappa shape index (κ1) is 15.0. The molecule has 2 atom stereocenters. The molecule has 0 aromatic heterocycles. The van der Waals surface area contributed by atoms with E-state index in [4.69, 9.17) is 0 Å². The quantitative estimate of drug-likeness (QED) is 0.735. The fourth-order valence-corrected chi connectivity index (χ4v) is 2.92. The van der Waals surface area contributed by atoms with Crippen molar-refractivity contribution < 1.29 is 0 Å². The van der Waals surface area contributed by atoms with E-state index in [1.165, 1.54) is 51.9 Å². The predicted molar refractivity (Wildman–Crippen MR) is 76.4 cm³/mol. The van der Waals surface area contributed by atoms with Crippen molar-refractivity contribution in [1.29, 1.82) is 0 Å². The molecule has 0 aliphatic carbocycles. The van der Waals surface area contributed by atoms with Crippen LogP contribution in [-0.4, -0.2) is 37.1 Å². The first-order valence-electron chi connectivity index (χ1n) is 7.65. The summed E-state index contributed by atoms with van der Waals surface area (Å²) < 4.78 is 0. The normalized spacial score (nSPS) is 25.8. The van der Waals surface area contributed by atoms with Crippen LogP contribution in [0.15, 0.2) is 0 Å². The third-order valence-corrected chi connectivity index (χ3v) is 4.35. The summed E-state index contributed by atoms with van der Waals surface area (Å²) >= 11 is 0. The summed E-state index contributed by atoms with van der Waals surface area (Å²) in [6, 6.07) is 0.730. The monoisotopic (exact) mass is 240 g/mol. The van der Waals surface area contributed by atoms with Crippen molar-refractivity contribution in [3.8, 4) is 0 Å². The van der Waals surface area contributed by atoms with Crippen LogP contribution in [0.2, 0.25) is 0 Å². The predicted octanol–water partition coefficient (Wildman–Crippen LogP) is 3.13. The van der Waals surface area contributed by atoms with Gasteiger partial charge in [0.2, 0.25) is 0 Å². The van der Waals surface area contributed by atoms with Gasteiger partial charge in [-0.1, -0.05) is 40.5 Å². The molecule has 0 radical (unpaired) electrons. The summed E-state index contributed by atoms with van der Waals surface area (Å²) in [7, 11) is 0. The van der Waals surface area contributed by atoms with Crippen LogP contribution in [0.4, 0.5) is 0 Å². The van der Waals surface area contributed by atoms with Crippen LogP contribution in [0.25, 0.3) is 0 Å². The van der Waals surface area contributed by atoms with Crippen LogP contribution < -0.4 is 5.32 Å². The van der Waals surface area contributed by atoms with Crippen molar-refractivity contribution >= 4 is 0 Å². The molecule has 1 heterocycles. The fourth-order valence-electron chi connectivity index (χ4n) is 2.92. The highest BCUT2D eigenvalue weighted by Crippen LogP contribution is 2.17. The number of rotatable bonds is 7. The maximum atomic E-state index is 3.68. The lowest BCUT2D eigenvalue weighted by molar-refractivity contribution is 0.185. The molecule has 1 N–H and O–H groups in total. The van der Waals surface area contributed by atoms with Gasteiger partial charge in [0.15, 0.2) is 0 Å². The molecule has 1 rings (SSSR count). The molecule has 0 spiro atoms. The highest BCUT2D eigenvalue weighted by atomic mass is 15.1. The van der Waals surface area contributed by atoms with Crippen molar-refractivity contribution in [3.05, 3.63) is 0 Å². The Morgan fingerprint density at radius 1 is 1.24 bits per heavy atom. The van der Waals surface area contributed by atoms with Gasteiger partial charge >= 0.3 is 0 Å². The van der Waals surface area contributed by atoms with Gasteiger partial charge in [0.05, 0.1) is 0 Å². The van der Waals surface area contributed by atoms with Crippen LogP contribution in [0.3, 0.4) is 0 Å². The Labute approximate surface area is 108 Å². The Bertz CT molecular complexity index is 189. The maximum absolute atomic E-state index is 3.68. The second-order valence-electron chi connectivity index (χ2n) is 5.82. The summed E-state index contributed by atoms with van der Waals surface area (Å²) in [5.74, 6) is 1.80. The standard InChI is InChI=1S/C15H32N2/c1-5-14(6-2)11-17(7-3)12-15-10-13(4)8-9-16-15/h13-16H,5-12H2,1-4H3. The average molecular weight is 240 g/mol. The van der Waals surface area contributed by atoms with E-state index in [1.54, 1.807) is 0 Å². The Morgan fingerprint density at radius 3 is 2.47 bits per heavy atom. The number of piperidine rings is 1. The second kappa shape index (κ2) is 8.10. The van der Waals surface area contributed by atoms with Crippen molar-refractivity contribution in [3.63, 3.8) is 0 Å². The number of nitrogens with zero attached hydrogens (tertiary/aromatic N) is 1. The lowest BCUT2D eigenvalue weighted by Gasteiger charge is -2.34. The molecule has 2 nitrogen and oxygen atoms in total. The zero-order valence-electron chi connectivity index (χ0n) is 12.3. The first-order chi connectivity index (χ1) is 8.19. The number of likely N-dealkylation sites (N-methyl/N-ethyl adjacent to an activating group) is 1. The Balaban J connectivity index is 2.34. The third kappa shape index (κ3) is 5.39. The molecule has 2 heteroatoms. The number of hydrogen-bond donors (Lipinski definition) is 1. The molecule has 0 amide bonds. The topological polar surface area (TPSA) is 15.3 Å².